The van der Waals surface area contributed by atoms with Gasteiger partial charge in [-0.3, -0.25) is 0 Å². The fraction of sp³-hybridized carbons (Fsp3) is 0.538. The Morgan fingerprint density at radius 1 is 1.44 bits per heavy atom. The Morgan fingerprint density at radius 2 is 2.31 bits per heavy atom. The first-order chi connectivity index (χ1) is 7.85. The van der Waals surface area contributed by atoms with Crippen molar-refractivity contribution in [3.63, 3.8) is 0 Å². The molecule has 2 N–H and O–H groups in total. The summed E-state index contributed by atoms with van der Waals surface area (Å²) in [5.41, 5.74) is 1.26. The average molecular weight is 221 g/mol. The fourth-order valence-electron chi connectivity index (χ4n) is 2.32. The van der Waals surface area contributed by atoms with Gasteiger partial charge < -0.3 is 15.2 Å². The third-order valence-corrected chi connectivity index (χ3v) is 3.17. The molecule has 0 bridgehead atoms. The molecule has 1 aromatic carbocycles. The van der Waals surface area contributed by atoms with Crippen LogP contribution in [-0.4, -0.2) is 31.4 Å². The predicted molar refractivity (Wildman–Crippen MR) is 63.8 cm³/mol. The summed E-state index contributed by atoms with van der Waals surface area (Å²) >= 11 is 0. The molecule has 16 heavy (non-hydrogen) atoms. The number of nitrogens with one attached hydrogen (secondary N) is 1. The Labute approximate surface area is 96.4 Å². The second-order valence-corrected chi connectivity index (χ2v) is 4.21. The Hall–Kier alpha value is -1.06. The van der Waals surface area contributed by atoms with Gasteiger partial charge in [0.25, 0.3) is 0 Å². The summed E-state index contributed by atoms with van der Waals surface area (Å²) in [6.07, 6.45) is 0. The maximum absolute atomic E-state index is 9.30. The summed E-state index contributed by atoms with van der Waals surface area (Å²) in [6, 6.07) is 8.20. The second-order valence-electron chi connectivity index (χ2n) is 4.21. The van der Waals surface area contributed by atoms with Crippen LogP contribution in [0.2, 0.25) is 0 Å². The third kappa shape index (κ3) is 2.36. The molecule has 1 saturated heterocycles. The first-order valence-electron chi connectivity index (χ1n) is 5.89. The van der Waals surface area contributed by atoms with Gasteiger partial charge in [-0.05, 0) is 24.6 Å². The van der Waals surface area contributed by atoms with Gasteiger partial charge in [-0.2, -0.15) is 0 Å². The Kier molecular flexibility index (Phi) is 3.80. The van der Waals surface area contributed by atoms with E-state index in [4.69, 9.17) is 4.74 Å². The van der Waals surface area contributed by atoms with Gasteiger partial charge >= 0.3 is 0 Å². The number of aliphatic hydroxyl groups is 1. The van der Waals surface area contributed by atoms with E-state index in [0.29, 0.717) is 18.4 Å². The summed E-state index contributed by atoms with van der Waals surface area (Å²) in [7, 11) is 0. The quantitative estimate of drug-likeness (QED) is 0.807. The van der Waals surface area contributed by atoms with E-state index >= 15 is 0 Å². The maximum atomic E-state index is 9.30. The van der Waals surface area contributed by atoms with Crippen molar-refractivity contribution in [1.29, 1.82) is 0 Å². The largest absolute Gasteiger partial charge is 0.494 e. The minimum Gasteiger partial charge on any atom is -0.494 e. The summed E-state index contributed by atoms with van der Waals surface area (Å²) in [5.74, 6) is 1.66. The highest BCUT2D eigenvalue weighted by Crippen LogP contribution is 2.29. The summed E-state index contributed by atoms with van der Waals surface area (Å²) in [4.78, 5) is 0. The third-order valence-electron chi connectivity index (χ3n) is 3.17. The molecule has 0 spiro atoms. The van der Waals surface area contributed by atoms with Crippen LogP contribution in [0.15, 0.2) is 24.3 Å². The minimum atomic E-state index is 0.247. The lowest BCUT2D eigenvalue weighted by Gasteiger charge is -2.17. The molecule has 3 nitrogen and oxygen atoms in total. The molecule has 0 saturated carbocycles. The molecule has 3 heteroatoms. The molecule has 1 aliphatic rings. The number of ether oxygens (including phenoxy) is 1. The normalized spacial score (nSPS) is 24.6. The Morgan fingerprint density at radius 3 is 3.06 bits per heavy atom. The number of aliphatic hydroxyl groups excluding tert-OH is 1. The molecule has 2 rings (SSSR count). The van der Waals surface area contributed by atoms with E-state index in [1.807, 2.05) is 19.1 Å². The van der Waals surface area contributed by atoms with Gasteiger partial charge in [-0.1, -0.05) is 12.1 Å². The van der Waals surface area contributed by atoms with Crippen molar-refractivity contribution in [1.82, 2.24) is 5.32 Å². The highest BCUT2D eigenvalue weighted by molar-refractivity contribution is 5.32. The summed E-state index contributed by atoms with van der Waals surface area (Å²) in [6.45, 7) is 4.77. The van der Waals surface area contributed by atoms with Crippen LogP contribution in [0.25, 0.3) is 0 Å². The average Bonchev–Trinajstić information content (AvgIpc) is 2.78. The standard InChI is InChI=1S/C13H19NO2/c1-2-16-12-5-3-4-10(6-12)13-8-14-7-11(13)9-15/h3-6,11,13-15H,2,7-9H2,1H3/t11-,13-/m1/s1. The van der Waals surface area contributed by atoms with Crippen LogP contribution in [0.4, 0.5) is 0 Å². The molecule has 88 valence electrons. The molecule has 0 amide bonds. The molecule has 0 radical (unpaired) electrons. The van der Waals surface area contributed by atoms with E-state index < -0.39 is 0 Å². The summed E-state index contributed by atoms with van der Waals surface area (Å²) < 4.78 is 5.49. The number of hydrogen-bond acceptors (Lipinski definition) is 3. The molecular weight excluding hydrogens is 202 g/mol. The number of hydrogen-bond donors (Lipinski definition) is 2. The second kappa shape index (κ2) is 5.32. The zero-order chi connectivity index (χ0) is 11.4. The predicted octanol–water partition coefficient (Wildman–Crippen LogP) is 1.38. The lowest BCUT2D eigenvalue weighted by atomic mass is 9.89. The lowest BCUT2D eigenvalue weighted by Crippen LogP contribution is -2.14. The van der Waals surface area contributed by atoms with Gasteiger partial charge in [0.2, 0.25) is 0 Å². The molecule has 1 heterocycles. The van der Waals surface area contributed by atoms with E-state index in [2.05, 4.69) is 17.4 Å². The van der Waals surface area contributed by atoms with E-state index in [1.165, 1.54) is 5.56 Å². The van der Waals surface area contributed by atoms with E-state index in [0.717, 1.165) is 18.8 Å². The van der Waals surface area contributed by atoms with Crippen molar-refractivity contribution < 1.29 is 9.84 Å². The van der Waals surface area contributed by atoms with E-state index in [-0.39, 0.29) is 6.61 Å². The molecule has 0 unspecified atom stereocenters. The molecule has 0 aliphatic carbocycles. The molecule has 1 aliphatic heterocycles. The number of rotatable bonds is 4. The molecule has 1 aromatic rings. The van der Waals surface area contributed by atoms with Gasteiger partial charge in [0.1, 0.15) is 5.75 Å². The van der Waals surface area contributed by atoms with E-state index in [1.54, 1.807) is 0 Å². The van der Waals surface area contributed by atoms with Crippen LogP contribution in [0.3, 0.4) is 0 Å². The molecular formula is C13H19NO2. The van der Waals surface area contributed by atoms with Crippen molar-refractivity contribution in [2.24, 2.45) is 5.92 Å². The molecule has 0 aromatic heterocycles. The topological polar surface area (TPSA) is 41.5 Å². The summed E-state index contributed by atoms with van der Waals surface area (Å²) in [5, 5.41) is 12.6. The molecule has 1 fully saturated rings. The van der Waals surface area contributed by atoms with Gasteiger partial charge in [0, 0.05) is 31.5 Å². The highest BCUT2D eigenvalue weighted by atomic mass is 16.5. The van der Waals surface area contributed by atoms with Crippen LogP contribution >= 0.6 is 0 Å². The zero-order valence-electron chi connectivity index (χ0n) is 9.65. The van der Waals surface area contributed by atoms with E-state index in [9.17, 15) is 5.11 Å². The lowest BCUT2D eigenvalue weighted by molar-refractivity contribution is 0.226. The maximum Gasteiger partial charge on any atom is 0.119 e. The highest BCUT2D eigenvalue weighted by Gasteiger charge is 2.27. The number of benzene rings is 1. The SMILES string of the molecule is CCOc1cccc([C@H]2CNC[C@@H]2CO)c1. The molecule has 2 atom stereocenters. The van der Waals surface area contributed by atoms with Gasteiger partial charge in [-0.25, -0.2) is 0 Å². The van der Waals surface area contributed by atoms with Crippen LogP contribution in [0.1, 0.15) is 18.4 Å². The van der Waals surface area contributed by atoms with Crippen LogP contribution in [0.5, 0.6) is 5.75 Å². The fourth-order valence-corrected chi connectivity index (χ4v) is 2.32. The van der Waals surface area contributed by atoms with Crippen LogP contribution < -0.4 is 10.1 Å². The van der Waals surface area contributed by atoms with Crippen LogP contribution in [-0.2, 0) is 0 Å². The van der Waals surface area contributed by atoms with Crippen molar-refractivity contribution in [3.05, 3.63) is 29.8 Å². The smallest absolute Gasteiger partial charge is 0.119 e. The van der Waals surface area contributed by atoms with Crippen molar-refractivity contribution in [3.8, 4) is 5.75 Å². The van der Waals surface area contributed by atoms with Gasteiger partial charge in [0.15, 0.2) is 0 Å². The monoisotopic (exact) mass is 221 g/mol. The van der Waals surface area contributed by atoms with Crippen molar-refractivity contribution in [2.75, 3.05) is 26.3 Å². The van der Waals surface area contributed by atoms with Gasteiger partial charge in [-0.15, -0.1) is 0 Å². The first kappa shape index (κ1) is 11.4. The van der Waals surface area contributed by atoms with Crippen molar-refractivity contribution >= 4 is 0 Å². The zero-order valence-corrected chi connectivity index (χ0v) is 9.65. The Balaban J connectivity index is 2.16. The Bertz CT molecular complexity index is 340. The minimum absolute atomic E-state index is 0.247. The van der Waals surface area contributed by atoms with Gasteiger partial charge in [0.05, 0.1) is 6.61 Å². The first-order valence-corrected chi connectivity index (χ1v) is 5.89. The van der Waals surface area contributed by atoms with Crippen molar-refractivity contribution in [2.45, 2.75) is 12.8 Å². The van der Waals surface area contributed by atoms with Crippen LogP contribution in [0, 0.1) is 5.92 Å².